The predicted octanol–water partition coefficient (Wildman–Crippen LogP) is 5.12. The number of hydrogen-bond acceptors (Lipinski definition) is 2. The third-order valence-corrected chi connectivity index (χ3v) is 4.29. The number of nitrogens with zero attached hydrogens (tertiary/aromatic N) is 1. The molecule has 0 atom stereocenters. The fraction of sp³-hybridized carbons (Fsp3) is 0. The maximum absolute atomic E-state index is 4.37. The molecule has 1 aromatic heterocycles. The van der Waals surface area contributed by atoms with Crippen LogP contribution in [0.2, 0.25) is 0 Å². The number of fused-ring (bicyclic) bond motifs is 3. The number of rotatable bonds is 1. The molecule has 0 aliphatic rings. The van der Waals surface area contributed by atoms with Gasteiger partial charge in [0.15, 0.2) is 0 Å². The van der Waals surface area contributed by atoms with Gasteiger partial charge in [-0.05, 0) is 28.6 Å². The molecule has 0 radical (unpaired) electrons. The third kappa shape index (κ3) is 1.72. The average molecular weight is 261 g/mol. The monoisotopic (exact) mass is 261 g/mol. The molecule has 0 aliphatic carbocycles. The Morgan fingerprint density at radius 2 is 1.68 bits per heavy atom. The Hall–Kier alpha value is -2.19. The van der Waals surface area contributed by atoms with Crippen LogP contribution in [0.5, 0.6) is 0 Å². The van der Waals surface area contributed by atoms with Crippen LogP contribution in [0, 0.1) is 0 Å². The molecule has 19 heavy (non-hydrogen) atoms. The largest absolute Gasteiger partial charge is 0.245 e. The summed E-state index contributed by atoms with van der Waals surface area (Å²) in [6, 6.07) is 21.4. The van der Waals surface area contributed by atoms with Crippen LogP contribution in [0.4, 0.5) is 0 Å². The molecule has 0 unspecified atom stereocenters. The van der Waals surface area contributed by atoms with Crippen molar-refractivity contribution in [1.29, 1.82) is 0 Å². The second-order valence-electron chi connectivity index (χ2n) is 4.57. The van der Waals surface area contributed by atoms with E-state index < -0.39 is 0 Å². The third-order valence-electron chi connectivity index (χ3n) is 3.42. The van der Waals surface area contributed by atoms with Gasteiger partial charge < -0.3 is 0 Å². The van der Waals surface area contributed by atoms with Gasteiger partial charge in [0, 0.05) is 5.39 Å². The van der Waals surface area contributed by atoms with E-state index in [4.69, 9.17) is 0 Å². The van der Waals surface area contributed by atoms with Gasteiger partial charge in [-0.25, -0.2) is 4.98 Å². The lowest BCUT2D eigenvalue weighted by Crippen LogP contribution is -1.79. The molecule has 0 bridgehead atoms. The minimum Gasteiger partial charge on any atom is -0.245 e. The minimum atomic E-state index is 1.09. The van der Waals surface area contributed by atoms with Gasteiger partial charge in [-0.3, -0.25) is 0 Å². The number of benzene rings is 3. The van der Waals surface area contributed by atoms with Gasteiger partial charge in [0.1, 0.15) is 0 Å². The maximum atomic E-state index is 4.37. The second kappa shape index (κ2) is 4.18. The summed E-state index contributed by atoms with van der Waals surface area (Å²) in [5.41, 5.74) is 5.52. The highest BCUT2D eigenvalue weighted by atomic mass is 32.1. The van der Waals surface area contributed by atoms with Gasteiger partial charge in [0.2, 0.25) is 0 Å². The Morgan fingerprint density at radius 3 is 2.58 bits per heavy atom. The van der Waals surface area contributed by atoms with Crippen molar-refractivity contribution in [1.82, 2.24) is 4.98 Å². The van der Waals surface area contributed by atoms with Crippen molar-refractivity contribution >= 4 is 32.3 Å². The summed E-state index contributed by atoms with van der Waals surface area (Å²) < 4.78 is 1.28. The molecule has 2 heteroatoms. The van der Waals surface area contributed by atoms with Crippen LogP contribution in [-0.4, -0.2) is 4.98 Å². The van der Waals surface area contributed by atoms with Crippen molar-refractivity contribution in [3.05, 3.63) is 66.2 Å². The highest BCUT2D eigenvalue weighted by molar-refractivity contribution is 7.17. The predicted molar refractivity (Wildman–Crippen MR) is 82.6 cm³/mol. The lowest BCUT2D eigenvalue weighted by molar-refractivity contribution is 1.51. The van der Waals surface area contributed by atoms with Crippen molar-refractivity contribution in [2.24, 2.45) is 0 Å². The van der Waals surface area contributed by atoms with E-state index in [9.17, 15) is 0 Å². The van der Waals surface area contributed by atoms with Crippen LogP contribution in [0.3, 0.4) is 0 Å². The lowest BCUT2D eigenvalue weighted by atomic mass is 10.0. The molecule has 4 rings (SSSR count). The normalized spacial score (nSPS) is 11.2. The van der Waals surface area contributed by atoms with Crippen molar-refractivity contribution in [3.63, 3.8) is 0 Å². The summed E-state index contributed by atoms with van der Waals surface area (Å²) in [6.45, 7) is 0. The Morgan fingerprint density at radius 1 is 0.789 bits per heavy atom. The van der Waals surface area contributed by atoms with Crippen LogP contribution < -0.4 is 0 Å². The zero-order chi connectivity index (χ0) is 12.7. The second-order valence-corrected chi connectivity index (χ2v) is 5.42. The van der Waals surface area contributed by atoms with Crippen LogP contribution in [0.15, 0.2) is 66.2 Å². The molecule has 90 valence electrons. The highest BCUT2D eigenvalue weighted by Gasteiger charge is 2.04. The maximum Gasteiger partial charge on any atom is 0.0818 e. The first-order valence-electron chi connectivity index (χ1n) is 6.23. The van der Waals surface area contributed by atoms with Crippen LogP contribution >= 0.6 is 11.3 Å². The molecule has 0 fully saturated rings. The summed E-state index contributed by atoms with van der Waals surface area (Å²) in [4.78, 5) is 4.37. The Labute approximate surface area is 115 Å². The lowest BCUT2D eigenvalue weighted by Gasteiger charge is -2.04. The topological polar surface area (TPSA) is 12.9 Å². The van der Waals surface area contributed by atoms with Gasteiger partial charge in [0.25, 0.3) is 0 Å². The average Bonchev–Trinajstić information content (AvgIpc) is 2.96. The fourth-order valence-electron chi connectivity index (χ4n) is 2.46. The molecule has 0 amide bonds. The van der Waals surface area contributed by atoms with E-state index in [1.54, 1.807) is 11.3 Å². The summed E-state index contributed by atoms with van der Waals surface area (Å²) >= 11 is 1.71. The molecule has 3 aromatic carbocycles. The smallest absolute Gasteiger partial charge is 0.0818 e. The van der Waals surface area contributed by atoms with Gasteiger partial charge in [0.05, 0.1) is 15.7 Å². The summed E-state index contributed by atoms with van der Waals surface area (Å²) in [7, 11) is 0. The number of aromatic nitrogens is 1. The van der Waals surface area contributed by atoms with Crippen LogP contribution in [0.25, 0.3) is 32.1 Å². The fourth-order valence-corrected chi connectivity index (χ4v) is 3.29. The van der Waals surface area contributed by atoms with Crippen LogP contribution in [-0.2, 0) is 0 Å². The van der Waals surface area contributed by atoms with E-state index in [1.165, 1.54) is 26.6 Å². The van der Waals surface area contributed by atoms with E-state index in [-0.39, 0.29) is 0 Å². The van der Waals surface area contributed by atoms with Gasteiger partial charge in [-0.2, -0.15) is 0 Å². The molecule has 0 N–H and O–H groups in total. The summed E-state index contributed by atoms with van der Waals surface area (Å²) in [6.07, 6.45) is 0. The molecule has 1 heterocycles. The Balaban J connectivity index is 1.99. The number of thiazole rings is 1. The molecule has 1 nitrogen and oxygen atoms in total. The molecule has 0 saturated heterocycles. The summed E-state index contributed by atoms with van der Waals surface area (Å²) in [5, 5.41) is 2.57. The highest BCUT2D eigenvalue weighted by Crippen LogP contribution is 2.31. The van der Waals surface area contributed by atoms with Crippen LogP contribution in [0.1, 0.15) is 0 Å². The summed E-state index contributed by atoms with van der Waals surface area (Å²) in [5.74, 6) is 0. The van der Waals surface area contributed by atoms with Gasteiger partial charge in [-0.1, -0.05) is 48.5 Å². The molecular weight excluding hydrogens is 250 g/mol. The van der Waals surface area contributed by atoms with E-state index in [0.29, 0.717) is 0 Å². The van der Waals surface area contributed by atoms with E-state index >= 15 is 0 Å². The molecule has 0 aliphatic heterocycles. The molecule has 0 saturated carbocycles. The SMILES string of the molecule is c1ccc(-c2ccc3c(ccc4ncsc43)c2)cc1. The van der Waals surface area contributed by atoms with Crippen molar-refractivity contribution in [3.8, 4) is 11.1 Å². The standard InChI is InChI=1S/C17H11NS/c1-2-4-12(5-3-1)13-6-8-15-14(10-13)7-9-16-17(15)19-11-18-16/h1-11H. The first-order chi connectivity index (χ1) is 9.42. The number of hydrogen-bond donors (Lipinski definition) is 0. The van der Waals surface area contributed by atoms with Gasteiger partial charge >= 0.3 is 0 Å². The van der Waals surface area contributed by atoms with Crippen molar-refractivity contribution in [2.45, 2.75) is 0 Å². The van der Waals surface area contributed by atoms with Crippen molar-refractivity contribution in [2.75, 3.05) is 0 Å². The van der Waals surface area contributed by atoms with Gasteiger partial charge in [-0.15, -0.1) is 11.3 Å². The Bertz CT molecular complexity index is 862. The van der Waals surface area contributed by atoms with E-state index in [1.807, 2.05) is 11.6 Å². The zero-order valence-electron chi connectivity index (χ0n) is 10.2. The first-order valence-corrected chi connectivity index (χ1v) is 7.11. The minimum absolute atomic E-state index is 1.09. The molecule has 0 spiro atoms. The quantitative estimate of drug-likeness (QED) is 0.463. The van der Waals surface area contributed by atoms with E-state index in [0.717, 1.165) is 5.52 Å². The molecular formula is C17H11NS. The first kappa shape index (κ1) is 10.7. The van der Waals surface area contributed by atoms with Crippen molar-refractivity contribution < 1.29 is 0 Å². The van der Waals surface area contributed by atoms with E-state index in [2.05, 4.69) is 59.6 Å². The molecule has 4 aromatic rings. The Kier molecular flexibility index (Phi) is 2.35. The zero-order valence-corrected chi connectivity index (χ0v) is 11.0.